The van der Waals surface area contributed by atoms with Crippen LogP contribution in [0.1, 0.15) is 19.8 Å². The van der Waals surface area contributed by atoms with Crippen LogP contribution in [0, 0.1) is 5.92 Å². The molecule has 1 aliphatic rings. The lowest BCUT2D eigenvalue weighted by atomic mass is 10.0. The van der Waals surface area contributed by atoms with Crippen LogP contribution in [0.4, 0.5) is 0 Å². The summed E-state index contributed by atoms with van der Waals surface area (Å²) >= 11 is 0. The minimum absolute atomic E-state index is 0.731. The zero-order chi connectivity index (χ0) is 6.69. The molecular weight excluding hydrogens is 110 g/mol. The second-order valence-corrected chi connectivity index (χ2v) is 2.94. The van der Waals surface area contributed by atoms with Gasteiger partial charge in [-0.3, -0.25) is 0 Å². The summed E-state index contributed by atoms with van der Waals surface area (Å²) in [5.74, 6) is 0.859. The van der Waals surface area contributed by atoms with Gasteiger partial charge in [-0.2, -0.15) is 0 Å². The fourth-order valence-electron chi connectivity index (χ4n) is 1.45. The third-order valence-corrected chi connectivity index (χ3v) is 1.94. The molecule has 0 amide bonds. The maximum atomic E-state index is 3.72. The molecule has 1 saturated heterocycles. The van der Waals surface area contributed by atoms with Gasteiger partial charge in [0, 0.05) is 6.04 Å². The van der Waals surface area contributed by atoms with Gasteiger partial charge in [0.25, 0.3) is 0 Å². The molecule has 1 fully saturated rings. The van der Waals surface area contributed by atoms with Gasteiger partial charge in [0.1, 0.15) is 0 Å². The average molecular weight is 125 g/mol. The van der Waals surface area contributed by atoms with Crippen LogP contribution in [0.2, 0.25) is 0 Å². The maximum Gasteiger partial charge on any atom is 0.00420 e. The Balaban J connectivity index is 2.21. The molecule has 2 atom stereocenters. The smallest absolute Gasteiger partial charge is 0.00420 e. The monoisotopic (exact) mass is 125 g/mol. The highest BCUT2D eigenvalue weighted by atomic mass is 14.9. The predicted octanol–water partition coefficient (Wildman–Crippen LogP) is 1.56. The van der Waals surface area contributed by atoms with E-state index < -0.39 is 0 Å². The van der Waals surface area contributed by atoms with Crippen molar-refractivity contribution >= 4 is 0 Å². The van der Waals surface area contributed by atoms with Gasteiger partial charge in [-0.1, -0.05) is 6.08 Å². The highest BCUT2D eigenvalue weighted by Crippen LogP contribution is 2.16. The molecule has 52 valence electrons. The first-order valence-corrected chi connectivity index (χ1v) is 3.67. The first kappa shape index (κ1) is 6.81. The van der Waals surface area contributed by atoms with Crippen LogP contribution in [0.15, 0.2) is 12.7 Å². The highest BCUT2D eigenvalue weighted by Gasteiger charge is 2.18. The molecule has 1 heteroatoms. The minimum atomic E-state index is 0.731. The van der Waals surface area contributed by atoms with Crippen molar-refractivity contribution in [1.82, 2.24) is 5.32 Å². The lowest BCUT2D eigenvalue weighted by Crippen LogP contribution is -2.16. The Morgan fingerprint density at radius 1 is 1.78 bits per heavy atom. The molecule has 0 bridgehead atoms. The number of rotatable bonds is 2. The second kappa shape index (κ2) is 3.02. The van der Waals surface area contributed by atoms with E-state index in [1.165, 1.54) is 19.4 Å². The third kappa shape index (κ3) is 1.83. The predicted molar refractivity (Wildman–Crippen MR) is 40.4 cm³/mol. The number of allylic oxidation sites excluding steroid dienone is 1. The molecule has 0 aromatic carbocycles. The Kier molecular flexibility index (Phi) is 2.29. The van der Waals surface area contributed by atoms with Crippen molar-refractivity contribution in [3.63, 3.8) is 0 Å². The van der Waals surface area contributed by atoms with E-state index in [9.17, 15) is 0 Å². The lowest BCUT2D eigenvalue weighted by Gasteiger charge is -2.01. The van der Waals surface area contributed by atoms with Crippen LogP contribution in [0.25, 0.3) is 0 Å². The fourth-order valence-corrected chi connectivity index (χ4v) is 1.45. The molecular formula is C8H15N. The van der Waals surface area contributed by atoms with Gasteiger partial charge in [0.15, 0.2) is 0 Å². The molecule has 1 aliphatic heterocycles. The molecule has 0 unspecified atom stereocenters. The van der Waals surface area contributed by atoms with Crippen molar-refractivity contribution in [2.45, 2.75) is 25.8 Å². The molecule has 1 heterocycles. The zero-order valence-corrected chi connectivity index (χ0v) is 6.06. The largest absolute Gasteiger partial charge is 0.314 e. The van der Waals surface area contributed by atoms with E-state index in [4.69, 9.17) is 0 Å². The Bertz CT molecular complexity index is 98.7. The zero-order valence-electron chi connectivity index (χ0n) is 6.06. The molecule has 0 saturated carbocycles. The Hall–Kier alpha value is -0.300. The molecule has 0 aromatic rings. The van der Waals surface area contributed by atoms with Gasteiger partial charge in [-0.05, 0) is 32.2 Å². The third-order valence-electron chi connectivity index (χ3n) is 1.94. The normalized spacial score (nSPS) is 34.8. The van der Waals surface area contributed by atoms with Crippen molar-refractivity contribution in [3.8, 4) is 0 Å². The molecule has 0 spiro atoms. The average Bonchev–Trinajstić information content (AvgIpc) is 2.17. The number of nitrogens with one attached hydrogen (secondary N) is 1. The van der Waals surface area contributed by atoms with Gasteiger partial charge in [0.05, 0.1) is 0 Å². The van der Waals surface area contributed by atoms with E-state index in [1.54, 1.807) is 0 Å². The quantitative estimate of drug-likeness (QED) is 0.552. The van der Waals surface area contributed by atoms with E-state index in [0.717, 1.165) is 12.0 Å². The lowest BCUT2D eigenvalue weighted by molar-refractivity contribution is 0.577. The van der Waals surface area contributed by atoms with Crippen LogP contribution in [0.5, 0.6) is 0 Å². The van der Waals surface area contributed by atoms with Crippen molar-refractivity contribution in [1.29, 1.82) is 0 Å². The fraction of sp³-hybridized carbons (Fsp3) is 0.750. The molecule has 1 rings (SSSR count). The summed E-state index contributed by atoms with van der Waals surface area (Å²) in [7, 11) is 0. The number of hydrogen-bond acceptors (Lipinski definition) is 1. The van der Waals surface area contributed by atoms with Crippen LogP contribution < -0.4 is 5.32 Å². The van der Waals surface area contributed by atoms with Crippen molar-refractivity contribution in [2.24, 2.45) is 5.92 Å². The first-order valence-electron chi connectivity index (χ1n) is 3.67. The Morgan fingerprint density at radius 2 is 2.56 bits per heavy atom. The van der Waals surface area contributed by atoms with Crippen molar-refractivity contribution in [2.75, 3.05) is 6.54 Å². The van der Waals surface area contributed by atoms with Crippen molar-refractivity contribution in [3.05, 3.63) is 12.7 Å². The van der Waals surface area contributed by atoms with Crippen LogP contribution in [-0.2, 0) is 0 Å². The summed E-state index contributed by atoms with van der Waals surface area (Å²) in [5.41, 5.74) is 0. The van der Waals surface area contributed by atoms with Gasteiger partial charge in [0.2, 0.25) is 0 Å². The summed E-state index contributed by atoms with van der Waals surface area (Å²) in [5, 5.41) is 3.41. The first-order chi connectivity index (χ1) is 4.33. The summed E-state index contributed by atoms with van der Waals surface area (Å²) in [6.07, 6.45) is 4.52. The summed E-state index contributed by atoms with van der Waals surface area (Å²) in [4.78, 5) is 0. The Morgan fingerprint density at radius 3 is 3.00 bits per heavy atom. The van der Waals surface area contributed by atoms with Gasteiger partial charge in [-0.15, -0.1) is 6.58 Å². The van der Waals surface area contributed by atoms with Crippen LogP contribution in [-0.4, -0.2) is 12.6 Å². The molecule has 0 radical (unpaired) electrons. The van der Waals surface area contributed by atoms with E-state index in [2.05, 4.69) is 18.8 Å². The molecule has 1 N–H and O–H groups in total. The van der Waals surface area contributed by atoms with Crippen LogP contribution in [0.3, 0.4) is 0 Å². The van der Waals surface area contributed by atoms with E-state index >= 15 is 0 Å². The second-order valence-electron chi connectivity index (χ2n) is 2.94. The standard InChI is InChI=1S/C8H15N/c1-3-4-8-5-7(2)9-6-8/h3,7-9H,1,4-6H2,2H3/t7-,8+/m1/s1. The summed E-state index contributed by atoms with van der Waals surface area (Å²) in [6.45, 7) is 7.15. The summed E-state index contributed by atoms with van der Waals surface area (Å²) in [6, 6.07) is 0.731. The molecule has 0 aromatic heterocycles. The molecule has 9 heavy (non-hydrogen) atoms. The van der Waals surface area contributed by atoms with Gasteiger partial charge in [-0.25, -0.2) is 0 Å². The van der Waals surface area contributed by atoms with E-state index in [-0.39, 0.29) is 0 Å². The maximum absolute atomic E-state index is 3.72. The van der Waals surface area contributed by atoms with Gasteiger partial charge >= 0.3 is 0 Å². The summed E-state index contributed by atoms with van der Waals surface area (Å²) < 4.78 is 0. The van der Waals surface area contributed by atoms with Gasteiger partial charge < -0.3 is 5.32 Å². The van der Waals surface area contributed by atoms with E-state index in [1.807, 2.05) is 6.08 Å². The van der Waals surface area contributed by atoms with Crippen LogP contribution >= 0.6 is 0 Å². The highest BCUT2D eigenvalue weighted by molar-refractivity contribution is 4.83. The molecule has 1 nitrogen and oxygen atoms in total. The van der Waals surface area contributed by atoms with E-state index in [0.29, 0.717) is 0 Å². The SMILES string of the molecule is C=CC[C@@H]1CN[C@H](C)C1. The minimum Gasteiger partial charge on any atom is -0.314 e. The van der Waals surface area contributed by atoms with Crippen molar-refractivity contribution < 1.29 is 0 Å². The molecule has 0 aliphatic carbocycles. The topological polar surface area (TPSA) is 12.0 Å². The number of hydrogen-bond donors (Lipinski definition) is 1. The Labute approximate surface area is 57.1 Å².